The number of hydrogen-bond acceptors (Lipinski definition) is 3. The second kappa shape index (κ2) is 4.69. The van der Waals surface area contributed by atoms with E-state index in [2.05, 4.69) is 37.6 Å². The van der Waals surface area contributed by atoms with E-state index >= 15 is 0 Å². The zero-order valence-electron chi connectivity index (χ0n) is 11.9. The molecule has 0 saturated carbocycles. The number of aromatic nitrogens is 2. The van der Waals surface area contributed by atoms with Crippen molar-refractivity contribution in [2.75, 3.05) is 11.4 Å². The molecule has 100 valence electrons. The lowest BCUT2D eigenvalue weighted by Crippen LogP contribution is -2.29. The molecule has 0 aromatic carbocycles. The van der Waals surface area contributed by atoms with Gasteiger partial charge in [0.1, 0.15) is 16.8 Å². The lowest BCUT2D eigenvalue weighted by Gasteiger charge is -2.27. The summed E-state index contributed by atoms with van der Waals surface area (Å²) in [5.74, 6) is 1.84. The first kappa shape index (κ1) is 13.6. The lowest BCUT2D eigenvalue weighted by atomic mass is 9.95. The van der Waals surface area contributed by atoms with Crippen molar-refractivity contribution in [2.24, 2.45) is 0 Å². The third kappa shape index (κ3) is 2.46. The summed E-state index contributed by atoms with van der Waals surface area (Å²) in [6.45, 7) is 11.7. The minimum absolute atomic E-state index is 0.0744. The molecule has 2 rings (SSSR count). The fourth-order valence-corrected chi connectivity index (χ4v) is 2.51. The van der Waals surface area contributed by atoms with E-state index in [1.54, 1.807) is 0 Å². The van der Waals surface area contributed by atoms with Crippen LogP contribution in [0.3, 0.4) is 0 Å². The number of nitrogens with zero attached hydrogens (tertiary/aromatic N) is 3. The van der Waals surface area contributed by atoms with Crippen molar-refractivity contribution in [3.63, 3.8) is 0 Å². The van der Waals surface area contributed by atoms with Crippen LogP contribution in [0, 0.1) is 6.92 Å². The van der Waals surface area contributed by atoms with E-state index in [4.69, 9.17) is 16.6 Å². The molecule has 1 atom stereocenters. The maximum atomic E-state index is 6.27. The van der Waals surface area contributed by atoms with Crippen molar-refractivity contribution in [2.45, 2.75) is 58.9 Å². The van der Waals surface area contributed by atoms with Crippen LogP contribution in [0.5, 0.6) is 0 Å². The maximum absolute atomic E-state index is 6.27. The highest BCUT2D eigenvalue weighted by molar-refractivity contribution is 6.30. The Balaban J connectivity index is 2.49. The van der Waals surface area contributed by atoms with Gasteiger partial charge in [-0.05, 0) is 26.7 Å². The van der Waals surface area contributed by atoms with Crippen LogP contribution in [0.15, 0.2) is 0 Å². The Bertz CT molecular complexity index is 451. The summed E-state index contributed by atoms with van der Waals surface area (Å²) in [6, 6.07) is 0.544. The standard InChI is InChI=1S/C14H22ClN3/c1-9-7-6-8-18(9)12-10(2)11(15)16-13(17-12)14(3,4)5/h9H,6-8H2,1-5H3. The minimum Gasteiger partial charge on any atom is -0.354 e. The van der Waals surface area contributed by atoms with Crippen molar-refractivity contribution in [3.8, 4) is 0 Å². The van der Waals surface area contributed by atoms with Gasteiger partial charge < -0.3 is 4.90 Å². The quantitative estimate of drug-likeness (QED) is 0.726. The first-order valence-corrected chi connectivity index (χ1v) is 7.00. The highest BCUT2D eigenvalue weighted by atomic mass is 35.5. The van der Waals surface area contributed by atoms with Crippen LogP contribution in [-0.4, -0.2) is 22.6 Å². The molecule has 3 nitrogen and oxygen atoms in total. The molecular formula is C14H22ClN3. The molecule has 0 radical (unpaired) electrons. The van der Waals surface area contributed by atoms with E-state index in [9.17, 15) is 0 Å². The summed E-state index contributed by atoms with van der Waals surface area (Å²) >= 11 is 6.27. The molecule has 2 heterocycles. The number of anilines is 1. The highest BCUT2D eigenvalue weighted by Crippen LogP contribution is 2.32. The van der Waals surface area contributed by atoms with E-state index in [1.807, 2.05) is 6.92 Å². The second-order valence-corrected chi connectivity index (χ2v) is 6.58. The van der Waals surface area contributed by atoms with Crippen LogP contribution in [-0.2, 0) is 5.41 Å². The molecular weight excluding hydrogens is 246 g/mol. The van der Waals surface area contributed by atoms with Crippen LogP contribution in [0.4, 0.5) is 5.82 Å². The Morgan fingerprint density at radius 1 is 1.28 bits per heavy atom. The van der Waals surface area contributed by atoms with Gasteiger partial charge >= 0.3 is 0 Å². The zero-order chi connectivity index (χ0) is 13.5. The van der Waals surface area contributed by atoms with E-state index in [-0.39, 0.29) is 5.41 Å². The predicted molar refractivity (Wildman–Crippen MR) is 76.5 cm³/mol. The molecule has 1 aliphatic heterocycles. The molecule has 0 aliphatic carbocycles. The molecule has 0 N–H and O–H groups in total. The highest BCUT2D eigenvalue weighted by Gasteiger charge is 2.27. The fourth-order valence-electron chi connectivity index (χ4n) is 2.34. The summed E-state index contributed by atoms with van der Waals surface area (Å²) < 4.78 is 0. The van der Waals surface area contributed by atoms with Gasteiger partial charge in [-0.2, -0.15) is 0 Å². The summed E-state index contributed by atoms with van der Waals surface area (Å²) in [5.41, 5.74) is 0.924. The Labute approximate surface area is 115 Å². The number of halogens is 1. The second-order valence-electron chi connectivity index (χ2n) is 6.22. The number of rotatable bonds is 1. The number of hydrogen-bond donors (Lipinski definition) is 0. The van der Waals surface area contributed by atoms with Gasteiger partial charge in [-0.1, -0.05) is 32.4 Å². The van der Waals surface area contributed by atoms with Gasteiger partial charge in [0, 0.05) is 23.6 Å². The summed E-state index contributed by atoms with van der Waals surface area (Å²) in [4.78, 5) is 11.6. The fraction of sp³-hybridized carbons (Fsp3) is 0.714. The van der Waals surface area contributed by atoms with Gasteiger partial charge in [-0.3, -0.25) is 0 Å². The first-order valence-electron chi connectivity index (χ1n) is 6.62. The van der Waals surface area contributed by atoms with Crippen LogP contribution in [0.1, 0.15) is 51.9 Å². The van der Waals surface area contributed by atoms with E-state index < -0.39 is 0 Å². The van der Waals surface area contributed by atoms with E-state index in [0.717, 1.165) is 23.8 Å². The summed E-state index contributed by atoms with van der Waals surface area (Å²) in [6.07, 6.45) is 2.46. The van der Waals surface area contributed by atoms with Gasteiger partial charge in [0.25, 0.3) is 0 Å². The average molecular weight is 268 g/mol. The van der Waals surface area contributed by atoms with Crippen molar-refractivity contribution in [1.82, 2.24) is 9.97 Å². The van der Waals surface area contributed by atoms with Gasteiger partial charge in [-0.25, -0.2) is 9.97 Å². The van der Waals surface area contributed by atoms with Crippen LogP contribution >= 0.6 is 11.6 Å². The smallest absolute Gasteiger partial charge is 0.137 e. The van der Waals surface area contributed by atoms with Crippen molar-refractivity contribution in [3.05, 3.63) is 16.5 Å². The Hall–Kier alpha value is -0.830. The largest absolute Gasteiger partial charge is 0.354 e. The average Bonchev–Trinajstić information content (AvgIpc) is 2.67. The molecule has 0 bridgehead atoms. The Morgan fingerprint density at radius 2 is 1.94 bits per heavy atom. The Morgan fingerprint density at radius 3 is 2.44 bits per heavy atom. The normalized spacial score (nSPS) is 20.6. The molecule has 1 saturated heterocycles. The molecule has 0 amide bonds. The van der Waals surface area contributed by atoms with Gasteiger partial charge in [0.15, 0.2) is 0 Å². The maximum Gasteiger partial charge on any atom is 0.137 e. The molecule has 1 aromatic rings. The van der Waals surface area contributed by atoms with Gasteiger partial charge in [-0.15, -0.1) is 0 Å². The summed E-state index contributed by atoms with van der Waals surface area (Å²) in [7, 11) is 0. The molecule has 0 spiro atoms. The van der Waals surface area contributed by atoms with Crippen molar-refractivity contribution >= 4 is 17.4 Å². The monoisotopic (exact) mass is 267 g/mol. The predicted octanol–water partition coefficient (Wildman–Crippen LogP) is 3.72. The lowest BCUT2D eigenvalue weighted by molar-refractivity contribution is 0.542. The molecule has 1 fully saturated rings. The van der Waals surface area contributed by atoms with Gasteiger partial charge in [0.2, 0.25) is 0 Å². The van der Waals surface area contributed by atoms with Crippen LogP contribution < -0.4 is 4.90 Å². The van der Waals surface area contributed by atoms with Crippen LogP contribution in [0.25, 0.3) is 0 Å². The van der Waals surface area contributed by atoms with Gasteiger partial charge in [0.05, 0.1) is 0 Å². The third-order valence-corrected chi connectivity index (χ3v) is 3.92. The van der Waals surface area contributed by atoms with E-state index in [1.165, 1.54) is 12.8 Å². The molecule has 4 heteroatoms. The van der Waals surface area contributed by atoms with Crippen molar-refractivity contribution in [1.29, 1.82) is 0 Å². The SMILES string of the molecule is Cc1c(Cl)nc(C(C)(C)C)nc1N1CCCC1C. The first-order chi connectivity index (χ1) is 8.30. The van der Waals surface area contributed by atoms with Crippen molar-refractivity contribution < 1.29 is 0 Å². The molecule has 1 aliphatic rings. The topological polar surface area (TPSA) is 29.0 Å². The Kier molecular flexibility index (Phi) is 3.54. The third-order valence-electron chi connectivity index (χ3n) is 3.56. The molecule has 1 unspecified atom stereocenters. The zero-order valence-corrected chi connectivity index (χ0v) is 12.7. The minimum atomic E-state index is -0.0744. The van der Waals surface area contributed by atoms with Crippen LogP contribution in [0.2, 0.25) is 5.15 Å². The summed E-state index contributed by atoms with van der Waals surface area (Å²) in [5, 5.41) is 0.587. The molecule has 18 heavy (non-hydrogen) atoms. The van der Waals surface area contributed by atoms with E-state index in [0.29, 0.717) is 11.2 Å². The molecule has 1 aromatic heterocycles.